The van der Waals surface area contributed by atoms with Crippen LogP contribution in [-0.4, -0.2) is 30.4 Å². The molecule has 6 nitrogen and oxygen atoms in total. The van der Waals surface area contributed by atoms with Crippen LogP contribution in [0.3, 0.4) is 0 Å². The number of ether oxygens (including phenoxy) is 1. The second-order valence-electron chi connectivity index (χ2n) is 7.04. The molecule has 0 bridgehead atoms. The monoisotopic (exact) mass is 481 g/mol. The van der Waals surface area contributed by atoms with Gasteiger partial charge in [0.15, 0.2) is 6.61 Å². The average Bonchev–Trinajstić information content (AvgIpc) is 2.83. The first-order chi connectivity index (χ1) is 16.1. The van der Waals surface area contributed by atoms with E-state index in [1.54, 1.807) is 30.5 Å². The Morgan fingerprint density at radius 3 is 2.45 bits per heavy atom. The Hall–Kier alpha value is -3.29. The van der Waals surface area contributed by atoms with E-state index in [0.717, 1.165) is 16.7 Å². The number of benzene rings is 3. The molecule has 0 spiro atoms. The van der Waals surface area contributed by atoms with Crippen LogP contribution in [0.4, 0.5) is 0 Å². The minimum Gasteiger partial charge on any atom is -0.484 e. The summed E-state index contributed by atoms with van der Waals surface area (Å²) in [5.74, 6) is 1.19. The molecule has 170 valence electrons. The molecule has 3 rings (SSSR count). The largest absolute Gasteiger partial charge is 0.484 e. The molecule has 0 aromatic heterocycles. The van der Waals surface area contributed by atoms with Gasteiger partial charge >= 0.3 is 0 Å². The first-order valence-corrected chi connectivity index (χ1v) is 11.8. The third-order valence-corrected chi connectivity index (χ3v) is 5.62. The fourth-order valence-electron chi connectivity index (χ4n) is 2.75. The second-order valence-corrected chi connectivity index (χ2v) is 8.46. The minimum atomic E-state index is -0.194. The van der Waals surface area contributed by atoms with Crippen molar-refractivity contribution in [2.75, 3.05) is 12.4 Å². The third-order valence-electron chi connectivity index (χ3n) is 4.38. The molecule has 0 fully saturated rings. The van der Waals surface area contributed by atoms with Gasteiger partial charge in [-0.15, -0.1) is 11.8 Å². The Balaban J connectivity index is 1.32. The maximum absolute atomic E-state index is 11.9. The molecule has 0 aliphatic carbocycles. The van der Waals surface area contributed by atoms with Crippen molar-refractivity contribution in [1.82, 2.24) is 10.7 Å². The Morgan fingerprint density at radius 2 is 1.70 bits per heavy atom. The molecule has 0 saturated heterocycles. The van der Waals surface area contributed by atoms with Crippen LogP contribution in [0.5, 0.6) is 5.75 Å². The lowest BCUT2D eigenvalue weighted by molar-refractivity contribution is -0.123. The molecule has 0 saturated carbocycles. The molecule has 3 aromatic carbocycles. The molecule has 0 heterocycles. The second kappa shape index (κ2) is 13.3. The highest BCUT2D eigenvalue weighted by molar-refractivity contribution is 7.99. The van der Waals surface area contributed by atoms with Crippen molar-refractivity contribution in [3.05, 3.63) is 101 Å². The maximum atomic E-state index is 11.9. The number of amides is 2. The number of hydrogen-bond donors (Lipinski definition) is 2. The number of carbonyl (C=O) groups excluding carboxylic acids is 2. The molecule has 0 atom stereocenters. The summed E-state index contributed by atoms with van der Waals surface area (Å²) in [4.78, 5) is 23.8. The summed E-state index contributed by atoms with van der Waals surface area (Å²) in [6.07, 6.45) is 1.55. The van der Waals surface area contributed by atoms with Crippen molar-refractivity contribution in [3.8, 4) is 5.75 Å². The van der Waals surface area contributed by atoms with Crippen molar-refractivity contribution in [2.24, 2.45) is 5.10 Å². The summed E-state index contributed by atoms with van der Waals surface area (Å²) in [5.41, 5.74) is 5.40. The van der Waals surface area contributed by atoms with Crippen molar-refractivity contribution >= 4 is 41.4 Å². The maximum Gasteiger partial charge on any atom is 0.258 e. The van der Waals surface area contributed by atoms with Gasteiger partial charge in [0, 0.05) is 17.3 Å². The molecule has 33 heavy (non-hydrogen) atoms. The molecule has 2 amide bonds. The number of rotatable bonds is 11. The average molecular weight is 482 g/mol. The third kappa shape index (κ3) is 9.39. The zero-order valence-corrected chi connectivity index (χ0v) is 19.4. The normalized spacial score (nSPS) is 10.7. The van der Waals surface area contributed by atoms with E-state index in [9.17, 15) is 9.59 Å². The summed E-state index contributed by atoms with van der Waals surface area (Å²) >= 11 is 7.44. The van der Waals surface area contributed by atoms with Gasteiger partial charge in [-0.3, -0.25) is 9.59 Å². The van der Waals surface area contributed by atoms with Crippen LogP contribution in [0.15, 0.2) is 84.0 Å². The number of hydrogen-bond acceptors (Lipinski definition) is 5. The van der Waals surface area contributed by atoms with Crippen LogP contribution in [0.2, 0.25) is 5.02 Å². The summed E-state index contributed by atoms with van der Waals surface area (Å²) in [7, 11) is 0. The van der Waals surface area contributed by atoms with Crippen molar-refractivity contribution < 1.29 is 14.3 Å². The Morgan fingerprint density at radius 1 is 0.939 bits per heavy atom. The van der Waals surface area contributed by atoms with E-state index in [1.165, 1.54) is 11.8 Å². The van der Waals surface area contributed by atoms with Crippen molar-refractivity contribution in [3.63, 3.8) is 0 Å². The van der Waals surface area contributed by atoms with E-state index < -0.39 is 0 Å². The number of halogens is 1. The predicted octanol–water partition coefficient (Wildman–Crippen LogP) is 4.42. The van der Waals surface area contributed by atoms with Gasteiger partial charge in [0.1, 0.15) is 5.75 Å². The quantitative estimate of drug-likeness (QED) is 0.314. The fraction of sp³-hybridized carbons (Fsp3) is 0.160. The summed E-state index contributed by atoms with van der Waals surface area (Å²) < 4.78 is 5.50. The topological polar surface area (TPSA) is 79.8 Å². The van der Waals surface area contributed by atoms with Crippen LogP contribution in [0.25, 0.3) is 0 Å². The van der Waals surface area contributed by atoms with Gasteiger partial charge in [0.2, 0.25) is 5.91 Å². The molecule has 2 N–H and O–H groups in total. The smallest absolute Gasteiger partial charge is 0.258 e. The van der Waals surface area contributed by atoms with Gasteiger partial charge in [0.05, 0.1) is 12.0 Å². The Kier molecular flexibility index (Phi) is 9.82. The highest BCUT2D eigenvalue weighted by atomic mass is 35.5. The van der Waals surface area contributed by atoms with E-state index >= 15 is 0 Å². The van der Waals surface area contributed by atoms with Crippen molar-refractivity contribution in [1.29, 1.82) is 0 Å². The molecular weight excluding hydrogens is 458 g/mol. The van der Waals surface area contributed by atoms with E-state index in [1.807, 2.05) is 54.6 Å². The molecule has 0 unspecified atom stereocenters. The van der Waals surface area contributed by atoms with Gasteiger partial charge in [0.25, 0.3) is 5.91 Å². The molecular formula is C25H24ClN3O3S. The standard InChI is InChI=1S/C25H24ClN3O3S/c26-22-8-4-7-21(13-22)17-33-18-25(31)29-28-15-20-9-11-23(12-10-20)32-16-24(30)27-14-19-5-2-1-3-6-19/h1-13,15H,14,16-18H2,(H,27,30)(H,29,31)/b28-15-. The number of nitrogens with zero attached hydrogens (tertiary/aromatic N) is 1. The Bertz CT molecular complexity index is 1080. The van der Waals surface area contributed by atoms with Crippen LogP contribution >= 0.6 is 23.4 Å². The lowest BCUT2D eigenvalue weighted by Crippen LogP contribution is -2.28. The van der Waals surface area contributed by atoms with Gasteiger partial charge in [-0.25, -0.2) is 5.43 Å². The summed E-state index contributed by atoms with van der Waals surface area (Å²) in [6.45, 7) is 0.395. The molecule has 3 aromatic rings. The van der Waals surface area contributed by atoms with E-state index in [0.29, 0.717) is 28.8 Å². The SMILES string of the molecule is O=C(COc1ccc(/C=N\NC(=O)CSCc2cccc(Cl)c2)cc1)NCc1ccccc1. The van der Waals surface area contributed by atoms with Crippen molar-refractivity contribution in [2.45, 2.75) is 12.3 Å². The highest BCUT2D eigenvalue weighted by Gasteiger charge is 2.04. The number of carbonyl (C=O) groups is 2. The van der Waals surface area contributed by atoms with Crippen LogP contribution in [-0.2, 0) is 21.9 Å². The zero-order valence-electron chi connectivity index (χ0n) is 17.9. The van der Waals surface area contributed by atoms with E-state index in [-0.39, 0.29) is 18.4 Å². The number of hydrazone groups is 1. The number of thioether (sulfide) groups is 1. The van der Waals surface area contributed by atoms with Gasteiger partial charge < -0.3 is 10.1 Å². The predicted molar refractivity (Wildman–Crippen MR) is 134 cm³/mol. The molecule has 0 aliphatic heterocycles. The summed E-state index contributed by atoms with van der Waals surface area (Å²) in [5, 5.41) is 7.47. The first-order valence-electron chi connectivity index (χ1n) is 10.3. The molecule has 0 aliphatic rings. The van der Waals surface area contributed by atoms with Crippen LogP contribution in [0, 0.1) is 0 Å². The highest BCUT2D eigenvalue weighted by Crippen LogP contribution is 2.16. The lowest BCUT2D eigenvalue weighted by atomic mass is 10.2. The Labute approximate surface area is 202 Å². The minimum absolute atomic E-state index is 0.0663. The van der Waals surface area contributed by atoms with Crippen LogP contribution in [0.1, 0.15) is 16.7 Å². The number of nitrogens with one attached hydrogen (secondary N) is 2. The zero-order chi connectivity index (χ0) is 23.3. The van der Waals surface area contributed by atoms with E-state index in [4.69, 9.17) is 16.3 Å². The van der Waals surface area contributed by atoms with Gasteiger partial charge in [-0.05, 0) is 53.1 Å². The molecule has 8 heteroatoms. The van der Waals surface area contributed by atoms with Crippen LogP contribution < -0.4 is 15.5 Å². The van der Waals surface area contributed by atoms with E-state index in [2.05, 4.69) is 15.8 Å². The summed E-state index contributed by atoms with van der Waals surface area (Å²) in [6, 6.07) is 24.3. The fourth-order valence-corrected chi connectivity index (χ4v) is 3.73. The lowest BCUT2D eigenvalue weighted by Gasteiger charge is -2.08. The van der Waals surface area contributed by atoms with Gasteiger partial charge in [-0.1, -0.05) is 54.1 Å². The first kappa shape index (κ1) is 24.4. The van der Waals surface area contributed by atoms with Gasteiger partial charge in [-0.2, -0.15) is 5.10 Å². The molecule has 0 radical (unpaired) electrons.